The molecule has 0 unspecified atom stereocenters. The molecule has 0 amide bonds. The van der Waals surface area contributed by atoms with E-state index in [-0.39, 0.29) is 16.8 Å². The summed E-state index contributed by atoms with van der Waals surface area (Å²) in [5.41, 5.74) is 2.24. The Morgan fingerprint density at radius 1 is 1.00 bits per heavy atom. The molecule has 2 heterocycles. The van der Waals surface area contributed by atoms with Gasteiger partial charge in [-0.05, 0) is 41.5 Å². The number of aromatic amines is 1. The molecule has 17 heavy (non-hydrogen) atoms. The van der Waals surface area contributed by atoms with Gasteiger partial charge in [0.1, 0.15) is 0 Å². The molecule has 1 aliphatic rings. The average molecular weight is 237 g/mol. The number of H-pyrrole nitrogens is 1. The van der Waals surface area contributed by atoms with Crippen LogP contribution >= 0.6 is 0 Å². The number of hydrogen-bond acceptors (Lipinski definition) is 2. The fraction of sp³-hybridized carbons (Fsp3) is 0.769. The van der Waals surface area contributed by atoms with Crippen LogP contribution in [0.25, 0.3) is 0 Å². The zero-order chi connectivity index (χ0) is 13.0. The molecule has 4 heteroatoms. The lowest BCUT2D eigenvalue weighted by molar-refractivity contribution is 0.130. The molecule has 0 saturated heterocycles. The molecule has 0 aromatic carbocycles. The molecule has 1 N–H and O–H groups in total. The van der Waals surface area contributed by atoms with Crippen LogP contribution < -0.4 is 5.69 Å². The quantitative estimate of drug-likeness (QED) is 0.750. The van der Waals surface area contributed by atoms with Gasteiger partial charge in [0, 0.05) is 24.2 Å². The molecule has 0 atom stereocenters. The summed E-state index contributed by atoms with van der Waals surface area (Å²) in [7, 11) is 0. The Morgan fingerprint density at radius 3 is 2.06 bits per heavy atom. The van der Waals surface area contributed by atoms with E-state index in [0.717, 1.165) is 24.5 Å². The van der Waals surface area contributed by atoms with Gasteiger partial charge in [-0.25, -0.2) is 4.79 Å². The molecule has 0 bridgehead atoms. The van der Waals surface area contributed by atoms with Gasteiger partial charge in [-0.1, -0.05) is 0 Å². The van der Waals surface area contributed by atoms with Crippen molar-refractivity contribution in [2.45, 2.75) is 65.7 Å². The first-order valence-corrected chi connectivity index (χ1v) is 6.19. The minimum absolute atomic E-state index is 0.0241. The van der Waals surface area contributed by atoms with Gasteiger partial charge in [-0.2, -0.15) is 0 Å². The van der Waals surface area contributed by atoms with Crippen LogP contribution in [0.3, 0.4) is 0 Å². The van der Waals surface area contributed by atoms with Gasteiger partial charge in [-0.15, -0.1) is 0 Å². The lowest BCUT2D eigenvalue weighted by Crippen LogP contribution is -2.40. The molecule has 0 spiro atoms. The van der Waals surface area contributed by atoms with Crippen LogP contribution in [-0.4, -0.2) is 20.0 Å². The molecular formula is C13H23N3O. The van der Waals surface area contributed by atoms with E-state index in [0.29, 0.717) is 0 Å². The highest BCUT2D eigenvalue weighted by atomic mass is 16.1. The molecule has 1 aliphatic heterocycles. The first-order chi connectivity index (χ1) is 7.60. The predicted molar refractivity (Wildman–Crippen MR) is 69.0 cm³/mol. The van der Waals surface area contributed by atoms with Gasteiger partial charge in [0.15, 0.2) is 0 Å². The van der Waals surface area contributed by atoms with Crippen LogP contribution in [0.4, 0.5) is 0 Å². The molecule has 0 radical (unpaired) electrons. The van der Waals surface area contributed by atoms with Crippen molar-refractivity contribution in [3.05, 3.63) is 21.9 Å². The van der Waals surface area contributed by atoms with Gasteiger partial charge < -0.3 is 4.98 Å². The largest absolute Gasteiger partial charge is 0.326 e. The Kier molecular flexibility index (Phi) is 2.54. The van der Waals surface area contributed by atoms with E-state index in [1.807, 2.05) is 4.57 Å². The van der Waals surface area contributed by atoms with Gasteiger partial charge in [0.25, 0.3) is 0 Å². The minimum Gasteiger partial charge on any atom is -0.308 e. The Bertz CT molecular complexity index is 482. The number of nitrogens with one attached hydrogen (secondary N) is 1. The summed E-state index contributed by atoms with van der Waals surface area (Å²) < 4.78 is 1.90. The first kappa shape index (κ1) is 12.4. The molecule has 0 saturated carbocycles. The van der Waals surface area contributed by atoms with Crippen molar-refractivity contribution < 1.29 is 0 Å². The zero-order valence-corrected chi connectivity index (χ0v) is 11.7. The fourth-order valence-corrected chi connectivity index (χ4v) is 2.42. The summed E-state index contributed by atoms with van der Waals surface area (Å²) in [6.07, 6.45) is 0. The summed E-state index contributed by atoms with van der Waals surface area (Å²) in [5.74, 6) is 0. The maximum atomic E-state index is 11.9. The van der Waals surface area contributed by atoms with Crippen molar-refractivity contribution in [3.8, 4) is 0 Å². The summed E-state index contributed by atoms with van der Waals surface area (Å²) >= 11 is 0. The molecular weight excluding hydrogens is 214 g/mol. The number of hydrogen-bond donors (Lipinski definition) is 1. The van der Waals surface area contributed by atoms with Crippen molar-refractivity contribution in [1.82, 2.24) is 14.5 Å². The molecule has 1 aromatic rings. The van der Waals surface area contributed by atoms with E-state index in [9.17, 15) is 4.79 Å². The predicted octanol–water partition coefficient (Wildman–Crippen LogP) is 2.05. The Morgan fingerprint density at radius 2 is 1.59 bits per heavy atom. The highest BCUT2D eigenvalue weighted by Gasteiger charge is 2.34. The molecule has 0 fully saturated rings. The molecule has 2 rings (SSSR count). The number of fused-ring (bicyclic) bond motifs is 1. The van der Waals surface area contributed by atoms with Crippen molar-refractivity contribution in [1.29, 1.82) is 0 Å². The number of imidazole rings is 1. The van der Waals surface area contributed by atoms with E-state index in [2.05, 4.69) is 51.4 Å². The lowest BCUT2D eigenvalue weighted by atomic mass is 10.1. The topological polar surface area (TPSA) is 41.0 Å². The zero-order valence-electron chi connectivity index (χ0n) is 11.7. The third-order valence-corrected chi connectivity index (χ3v) is 3.39. The van der Waals surface area contributed by atoms with Crippen LogP contribution in [0.2, 0.25) is 0 Å². The first-order valence-electron chi connectivity index (χ1n) is 6.19. The number of aromatic nitrogens is 2. The van der Waals surface area contributed by atoms with Crippen LogP contribution in [0.1, 0.15) is 52.9 Å². The average Bonchev–Trinajstić information content (AvgIpc) is 2.54. The van der Waals surface area contributed by atoms with E-state index >= 15 is 0 Å². The number of rotatable bonds is 0. The maximum absolute atomic E-state index is 11.9. The van der Waals surface area contributed by atoms with E-state index in [4.69, 9.17) is 0 Å². The highest BCUT2D eigenvalue weighted by molar-refractivity contribution is 5.20. The second-order valence-electron chi connectivity index (χ2n) is 6.89. The standard InChI is InChI=1S/C13H23N3O/c1-12(2,3)15-7-9-10(8-15)16(11(17)14-9)13(4,5)6/h7-8H2,1-6H3,(H,14,17). The third-order valence-electron chi connectivity index (χ3n) is 3.39. The summed E-state index contributed by atoms with van der Waals surface area (Å²) in [4.78, 5) is 17.3. The maximum Gasteiger partial charge on any atom is 0.326 e. The second-order valence-corrected chi connectivity index (χ2v) is 6.89. The normalized spacial score (nSPS) is 17.5. The SMILES string of the molecule is CC(C)(C)N1Cc2[nH]c(=O)n(C(C)(C)C)c2C1. The molecule has 1 aromatic heterocycles. The van der Waals surface area contributed by atoms with Crippen LogP contribution in [-0.2, 0) is 18.6 Å². The second kappa shape index (κ2) is 3.48. The van der Waals surface area contributed by atoms with Crippen molar-refractivity contribution >= 4 is 0 Å². The van der Waals surface area contributed by atoms with E-state index in [1.165, 1.54) is 0 Å². The van der Waals surface area contributed by atoms with Crippen LogP contribution in [0.5, 0.6) is 0 Å². The smallest absolute Gasteiger partial charge is 0.308 e. The van der Waals surface area contributed by atoms with Gasteiger partial charge in [-0.3, -0.25) is 9.47 Å². The fourth-order valence-electron chi connectivity index (χ4n) is 2.42. The van der Waals surface area contributed by atoms with Gasteiger partial charge in [0.05, 0.1) is 11.4 Å². The van der Waals surface area contributed by atoms with E-state index in [1.54, 1.807) is 0 Å². The Hall–Kier alpha value is -1.03. The Balaban J connectivity index is 2.43. The van der Waals surface area contributed by atoms with Gasteiger partial charge >= 0.3 is 5.69 Å². The molecule has 4 nitrogen and oxygen atoms in total. The summed E-state index contributed by atoms with van der Waals surface area (Å²) in [5, 5.41) is 0. The highest BCUT2D eigenvalue weighted by Crippen LogP contribution is 2.29. The minimum atomic E-state index is -0.158. The van der Waals surface area contributed by atoms with E-state index < -0.39 is 0 Å². The van der Waals surface area contributed by atoms with Crippen molar-refractivity contribution in [3.63, 3.8) is 0 Å². The summed E-state index contributed by atoms with van der Waals surface area (Å²) in [6, 6.07) is 0. The molecule has 0 aliphatic carbocycles. The van der Waals surface area contributed by atoms with Gasteiger partial charge in [0.2, 0.25) is 0 Å². The lowest BCUT2D eigenvalue weighted by Gasteiger charge is -2.32. The van der Waals surface area contributed by atoms with Crippen molar-refractivity contribution in [2.75, 3.05) is 0 Å². The van der Waals surface area contributed by atoms with Crippen molar-refractivity contribution in [2.24, 2.45) is 0 Å². The van der Waals surface area contributed by atoms with Crippen LogP contribution in [0.15, 0.2) is 4.79 Å². The molecule has 96 valence electrons. The monoisotopic (exact) mass is 237 g/mol. The Labute approximate surface area is 103 Å². The summed E-state index contributed by atoms with van der Waals surface area (Å²) in [6.45, 7) is 14.5. The van der Waals surface area contributed by atoms with Crippen LogP contribution in [0, 0.1) is 0 Å². The number of nitrogens with zero attached hydrogens (tertiary/aromatic N) is 2. The third kappa shape index (κ3) is 2.06.